The minimum atomic E-state index is -3.22. The van der Waals surface area contributed by atoms with Crippen LogP contribution in [0.2, 0.25) is 0 Å². The van der Waals surface area contributed by atoms with E-state index in [4.69, 9.17) is 4.42 Å². The van der Waals surface area contributed by atoms with Crippen molar-refractivity contribution in [1.82, 2.24) is 9.62 Å². The highest BCUT2D eigenvalue weighted by atomic mass is 32.2. The minimum Gasteiger partial charge on any atom is -0.468 e. The zero-order valence-corrected chi connectivity index (χ0v) is 12.3. The first kappa shape index (κ1) is 14.6. The van der Waals surface area contributed by atoms with Gasteiger partial charge in [-0.1, -0.05) is 13.8 Å². The summed E-state index contributed by atoms with van der Waals surface area (Å²) in [5.41, 5.74) is 0. The van der Waals surface area contributed by atoms with Crippen LogP contribution in [0.5, 0.6) is 0 Å². The molecule has 0 aromatic carbocycles. The summed E-state index contributed by atoms with van der Waals surface area (Å²) in [4.78, 5) is 0. The Labute approximate surface area is 115 Å². The van der Waals surface area contributed by atoms with Crippen LogP contribution < -0.4 is 5.32 Å². The minimum absolute atomic E-state index is 0.141. The Morgan fingerprint density at radius 3 is 2.74 bits per heavy atom. The van der Waals surface area contributed by atoms with Gasteiger partial charge in [-0.3, -0.25) is 0 Å². The molecule has 0 aliphatic heterocycles. The van der Waals surface area contributed by atoms with Gasteiger partial charge in [0.2, 0.25) is 10.0 Å². The second kappa shape index (κ2) is 6.07. The maximum Gasteiger partial charge on any atom is 0.216 e. The topological polar surface area (TPSA) is 62.6 Å². The summed E-state index contributed by atoms with van der Waals surface area (Å²) in [6.45, 7) is 4.85. The third kappa shape index (κ3) is 4.33. The molecule has 0 spiro atoms. The van der Waals surface area contributed by atoms with Gasteiger partial charge in [-0.15, -0.1) is 0 Å². The molecule has 1 aromatic heterocycles. The average molecular weight is 286 g/mol. The van der Waals surface area contributed by atoms with Crippen LogP contribution in [0.1, 0.15) is 32.4 Å². The number of furan rings is 1. The Morgan fingerprint density at radius 2 is 2.21 bits per heavy atom. The van der Waals surface area contributed by atoms with Crippen LogP contribution >= 0.6 is 0 Å². The van der Waals surface area contributed by atoms with Crippen LogP contribution in [-0.4, -0.2) is 37.1 Å². The van der Waals surface area contributed by atoms with Crippen molar-refractivity contribution >= 4 is 10.0 Å². The van der Waals surface area contributed by atoms with Gasteiger partial charge < -0.3 is 9.73 Å². The third-order valence-corrected chi connectivity index (χ3v) is 4.98. The highest BCUT2D eigenvalue weighted by Crippen LogP contribution is 2.31. The monoisotopic (exact) mass is 286 g/mol. The number of sulfonamides is 1. The van der Waals surface area contributed by atoms with Crippen molar-refractivity contribution in [3.63, 3.8) is 0 Å². The van der Waals surface area contributed by atoms with Gasteiger partial charge in [-0.2, -0.15) is 4.31 Å². The van der Waals surface area contributed by atoms with Crippen LogP contribution in [0.3, 0.4) is 0 Å². The second-order valence-corrected chi connectivity index (χ2v) is 7.32. The SMILES string of the molecule is CC(C)NCCS(=O)(=O)N(Cc1ccco1)C1CC1. The molecular formula is C13H22N2O3S. The van der Waals surface area contributed by atoms with Crippen molar-refractivity contribution in [3.05, 3.63) is 24.2 Å². The molecule has 19 heavy (non-hydrogen) atoms. The zero-order chi connectivity index (χ0) is 13.9. The van der Waals surface area contributed by atoms with Crippen LogP contribution in [0.4, 0.5) is 0 Å². The van der Waals surface area contributed by atoms with Gasteiger partial charge in [0.15, 0.2) is 0 Å². The summed E-state index contributed by atoms with van der Waals surface area (Å²) >= 11 is 0. The summed E-state index contributed by atoms with van der Waals surface area (Å²) in [6.07, 6.45) is 3.49. The smallest absolute Gasteiger partial charge is 0.216 e. The van der Waals surface area contributed by atoms with E-state index in [1.807, 2.05) is 19.9 Å². The molecule has 1 saturated carbocycles. The number of rotatable bonds is 8. The molecule has 0 saturated heterocycles. The maximum atomic E-state index is 12.4. The molecule has 1 heterocycles. The molecule has 1 aliphatic carbocycles. The van der Waals surface area contributed by atoms with Crippen LogP contribution in [0.25, 0.3) is 0 Å². The molecule has 1 N–H and O–H groups in total. The lowest BCUT2D eigenvalue weighted by Crippen LogP contribution is -2.38. The van der Waals surface area contributed by atoms with Gasteiger partial charge >= 0.3 is 0 Å². The quantitative estimate of drug-likeness (QED) is 0.788. The largest absolute Gasteiger partial charge is 0.468 e. The third-order valence-electron chi connectivity index (χ3n) is 3.12. The lowest BCUT2D eigenvalue weighted by molar-refractivity contribution is 0.356. The van der Waals surface area contributed by atoms with E-state index in [1.54, 1.807) is 16.6 Å². The van der Waals surface area contributed by atoms with E-state index >= 15 is 0 Å². The van der Waals surface area contributed by atoms with Gasteiger partial charge in [-0.25, -0.2) is 8.42 Å². The van der Waals surface area contributed by atoms with Gasteiger partial charge in [0.05, 0.1) is 18.6 Å². The maximum absolute atomic E-state index is 12.4. The summed E-state index contributed by atoms with van der Waals surface area (Å²) in [5, 5.41) is 3.15. The van der Waals surface area contributed by atoms with E-state index in [1.165, 1.54) is 0 Å². The van der Waals surface area contributed by atoms with Gasteiger partial charge in [0.1, 0.15) is 5.76 Å². The Morgan fingerprint density at radius 1 is 1.47 bits per heavy atom. The lowest BCUT2D eigenvalue weighted by atomic mass is 10.4. The molecule has 0 atom stereocenters. The lowest BCUT2D eigenvalue weighted by Gasteiger charge is -2.21. The fraction of sp³-hybridized carbons (Fsp3) is 0.692. The highest BCUT2D eigenvalue weighted by molar-refractivity contribution is 7.89. The molecular weight excluding hydrogens is 264 g/mol. The Bertz CT molecular complexity index is 478. The molecule has 0 amide bonds. The molecule has 6 heteroatoms. The molecule has 1 aliphatic rings. The van der Waals surface area contributed by atoms with E-state index in [0.29, 0.717) is 24.9 Å². The molecule has 1 aromatic rings. The van der Waals surface area contributed by atoms with Crippen LogP contribution in [-0.2, 0) is 16.6 Å². The Kier molecular flexibility index (Phi) is 4.65. The molecule has 0 bridgehead atoms. The molecule has 0 radical (unpaired) electrons. The normalized spacial score (nSPS) is 16.4. The highest BCUT2D eigenvalue weighted by Gasteiger charge is 2.37. The summed E-state index contributed by atoms with van der Waals surface area (Å²) in [6, 6.07) is 4.06. The Balaban J connectivity index is 1.97. The van der Waals surface area contributed by atoms with Crippen molar-refractivity contribution in [3.8, 4) is 0 Å². The zero-order valence-electron chi connectivity index (χ0n) is 11.5. The fourth-order valence-corrected chi connectivity index (χ4v) is 3.57. The van der Waals surface area contributed by atoms with Crippen molar-refractivity contribution in [2.75, 3.05) is 12.3 Å². The molecule has 108 valence electrons. The number of hydrogen-bond acceptors (Lipinski definition) is 4. The first-order valence-corrected chi connectivity index (χ1v) is 8.35. The Hall–Kier alpha value is -0.850. The van der Waals surface area contributed by atoms with Crippen molar-refractivity contribution in [2.45, 2.75) is 45.3 Å². The van der Waals surface area contributed by atoms with Crippen LogP contribution in [0, 0.1) is 0 Å². The van der Waals surface area contributed by atoms with Crippen molar-refractivity contribution in [1.29, 1.82) is 0 Å². The standard InChI is InChI=1S/C13H22N2O3S/c1-11(2)14-7-9-19(16,17)15(12-5-6-12)10-13-4-3-8-18-13/h3-4,8,11-12,14H,5-7,9-10H2,1-2H3. The first-order chi connectivity index (χ1) is 8.99. The van der Waals surface area contributed by atoms with Crippen molar-refractivity contribution < 1.29 is 12.8 Å². The van der Waals surface area contributed by atoms with Crippen LogP contribution in [0.15, 0.2) is 22.8 Å². The molecule has 2 rings (SSSR count). The van der Waals surface area contributed by atoms with Gasteiger partial charge in [-0.05, 0) is 25.0 Å². The second-order valence-electron chi connectivity index (χ2n) is 5.28. The van der Waals surface area contributed by atoms with E-state index < -0.39 is 10.0 Å². The number of nitrogens with zero attached hydrogens (tertiary/aromatic N) is 1. The van der Waals surface area contributed by atoms with E-state index in [9.17, 15) is 8.42 Å². The number of nitrogens with one attached hydrogen (secondary N) is 1. The summed E-state index contributed by atoms with van der Waals surface area (Å²) in [7, 11) is -3.22. The summed E-state index contributed by atoms with van der Waals surface area (Å²) < 4.78 is 31.6. The van der Waals surface area contributed by atoms with Gasteiger partial charge in [0, 0.05) is 18.6 Å². The van der Waals surface area contributed by atoms with Crippen molar-refractivity contribution in [2.24, 2.45) is 0 Å². The van der Waals surface area contributed by atoms with E-state index in [0.717, 1.165) is 12.8 Å². The number of hydrogen-bond donors (Lipinski definition) is 1. The summed E-state index contributed by atoms with van der Waals surface area (Å²) in [5.74, 6) is 0.842. The predicted octanol–water partition coefficient (Wildman–Crippen LogP) is 1.57. The van der Waals surface area contributed by atoms with E-state index in [2.05, 4.69) is 5.32 Å². The fourth-order valence-electron chi connectivity index (χ4n) is 1.97. The first-order valence-electron chi connectivity index (χ1n) is 6.74. The van der Waals surface area contributed by atoms with Gasteiger partial charge in [0.25, 0.3) is 0 Å². The molecule has 5 nitrogen and oxygen atoms in total. The average Bonchev–Trinajstić information content (AvgIpc) is 3.02. The van der Waals surface area contributed by atoms with E-state index in [-0.39, 0.29) is 11.8 Å². The molecule has 1 fully saturated rings. The predicted molar refractivity (Wildman–Crippen MR) is 74.2 cm³/mol. The molecule has 0 unspecified atom stereocenters.